The van der Waals surface area contributed by atoms with Gasteiger partial charge in [-0.15, -0.1) is 0 Å². The first-order valence-corrected chi connectivity index (χ1v) is 9.96. The van der Waals surface area contributed by atoms with Crippen LogP contribution in [-0.2, 0) is 11.8 Å². The Kier molecular flexibility index (Phi) is 2.97. The Morgan fingerprint density at radius 2 is 2.08 bits per heavy atom. The van der Waals surface area contributed by atoms with Crippen LogP contribution in [-0.4, -0.2) is 57.2 Å². The molecule has 1 spiro atoms. The topological polar surface area (TPSA) is 85.2 Å². The second-order valence-corrected chi connectivity index (χ2v) is 9.06. The minimum atomic E-state index is -0.871. The number of hydrogen-bond acceptors (Lipinski definition) is 6. The average Bonchev–Trinajstić information content (AvgIpc) is 3.37. The summed E-state index contributed by atoms with van der Waals surface area (Å²) in [6.45, 7) is 2.02. The number of rotatable bonds is 3. The zero-order chi connectivity index (χ0) is 17.7. The van der Waals surface area contributed by atoms with E-state index in [0.29, 0.717) is 18.6 Å². The lowest BCUT2D eigenvalue weighted by molar-refractivity contribution is -0.197. The molecule has 1 aromatic rings. The lowest BCUT2D eigenvalue weighted by Gasteiger charge is -2.64. The summed E-state index contributed by atoms with van der Waals surface area (Å²) in [6.07, 6.45) is 5.19. The maximum Gasteiger partial charge on any atom is 0.165 e. The van der Waals surface area contributed by atoms with E-state index in [1.807, 2.05) is 6.07 Å². The van der Waals surface area contributed by atoms with Gasteiger partial charge in [0.15, 0.2) is 11.5 Å². The molecule has 0 radical (unpaired) electrons. The molecule has 2 aliphatic heterocycles. The largest absolute Gasteiger partial charge is 0.504 e. The van der Waals surface area contributed by atoms with Gasteiger partial charge in [0.1, 0.15) is 6.10 Å². The van der Waals surface area contributed by atoms with Crippen LogP contribution in [0.4, 0.5) is 0 Å². The zero-order valence-corrected chi connectivity index (χ0v) is 14.8. The molecule has 0 amide bonds. The van der Waals surface area contributed by atoms with Gasteiger partial charge >= 0.3 is 0 Å². The average molecular weight is 358 g/mol. The Morgan fingerprint density at radius 3 is 2.85 bits per heavy atom. The van der Waals surface area contributed by atoms with Crippen molar-refractivity contribution in [3.05, 3.63) is 23.3 Å². The number of nitrogens with one attached hydrogen (secondary N) is 1. The fourth-order valence-corrected chi connectivity index (χ4v) is 6.61. The normalized spacial score (nSPS) is 43.1. The molecule has 1 aromatic carbocycles. The highest BCUT2D eigenvalue weighted by Gasteiger charge is 2.73. The molecule has 3 fully saturated rings. The summed E-state index contributed by atoms with van der Waals surface area (Å²) in [5, 5.41) is 32.3. The molecule has 2 bridgehead atoms. The first-order valence-electron chi connectivity index (χ1n) is 9.96. The molecular weight excluding hydrogens is 332 g/mol. The van der Waals surface area contributed by atoms with E-state index in [1.165, 1.54) is 18.4 Å². The van der Waals surface area contributed by atoms with Crippen molar-refractivity contribution in [2.45, 2.75) is 67.7 Å². The van der Waals surface area contributed by atoms with Gasteiger partial charge in [-0.05, 0) is 62.6 Å². The number of ether oxygens (including phenoxy) is 1. The third kappa shape index (κ3) is 1.68. The number of hydroxylamine groups is 1. The van der Waals surface area contributed by atoms with Crippen molar-refractivity contribution in [2.75, 3.05) is 13.1 Å². The maximum atomic E-state index is 12.1. The van der Waals surface area contributed by atoms with Crippen molar-refractivity contribution >= 4 is 0 Å². The van der Waals surface area contributed by atoms with Crippen LogP contribution in [0.25, 0.3) is 0 Å². The molecular formula is C20H26N2O4. The maximum absolute atomic E-state index is 12.1. The lowest BCUT2D eigenvalue weighted by atomic mass is 9.48. The van der Waals surface area contributed by atoms with Crippen molar-refractivity contribution in [2.24, 2.45) is 5.92 Å². The van der Waals surface area contributed by atoms with Crippen LogP contribution in [0, 0.1) is 5.92 Å². The smallest absolute Gasteiger partial charge is 0.165 e. The van der Waals surface area contributed by atoms with Gasteiger partial charge in [-0.25, -0.2) is 0 Å². The molecule has 3 aliphatic carbocycles. The predicted octanol–water partition coefficient (Wildman–Crippen LogP) is 1.30. The van der Waals surface area contributed by atoms with E-state index in [4.69, 9.17) is 4.74 Å². The van der Waals surface area contributed by atoms with E-state index < -0.39 is 11.0 Å². The Morgan fingerprint density at radius 1 is 1.23 bits per heavy atom. The first kappa shape index (κ1) is 15.7. The van der Waals surface area contributed by atoms with E-state index in [2.05, 4.69) is 10.4 Å². The van der Waals surface area contributed by atoms with E-state index >= 15 is 0 Å². The van der Waals surface area contributed by atoms with Crippen LogP contribution in [0.15, 0.2) is 12.1 Å². The standard InChI is InChI=1S/C20H26N2O4/c23-14-4-3-12-9-15-20(24)6-5-13(21-25)18-19(20,16(12)17(14)26-18)7-8-22(15)10-11-1-2-11/h3-4,11,13,15,18,21,23-25H,1-2,5-10H2/t13-,15+,18-,19-,20+/m0/s1. The highest BCUT2D eigenvalue weighted by molar-refractivity contribution is 5.62. The van der Waals surface area contributed by atoms with Crippen LogP contribution in [0.1, 0.15) is 43.2 Å². The minimum absolute atomic E-state index is 0.0885. The predicted molar refractivity (Wildman–Crippen MR) is 93.5 cm³/mol. The number of benzene rings is 1. The summed E-state index contributed by atoms with van der Waals surface area (Å²) in [5.74, 6) is 1.46. The Hall–Kier alpha value is -1.34. The van der Waals surface area contributed by atoms with Gasteiger partial charge in [0, 0.05) is 18.2 Å². The van der Waals surface area contributed by atoms with Crippen molar-refractivity contribution < 1.29 is 20.2 Å². The number of likely N-dealkylation sites (tertiary alicyclic amines) is 1. The molecule has 0 unspecified atom stereocenters. The van der Waals surface area contributed by atoms with Crippen LogP contribution in [0.2, 0.25) is 0 Å². The Balaban J connectivity index is 1.55. The van der Waals surface area contributed by atoms with Crippen LogP contribution < -0.4 is 10.2 Å². The van der Waals surface area contributed by atoms with Gasteiger partial charge in [-0.3, -0.25) is 4.90 Å². The van der Waals surface area contributed by atoms with Crippen molar-refractivity contribution in [3.63, 3.8) is 0 Å². The molecule has 0 aromatic heterocycles. The highest BCUT2D eigenvalue weighted by Crippen LogP contribution is 2.65. The Labute approximate surface area is 152 Å². The third-order valence-corrected chi connectivity index (χ3v) is 7.93. The van der Waals surface area contributed by atoms with Crippen molar-refractivity contribution in [1.29, 1.82) is 0 Å². The number of nitrogens with zero attached hydrogens (tertiary/aromatic N) is 1. The van der Waals surface area contributed by atoms with Gasteiger partial charge in [-0.1, -0.05) is 6.07 Å². The molecule has 6 nitrogen and oxygen atoms in total. The molecule has 6 rings (SSSR count). The fourth-order valence-electron chi connectivity index (χ4n) is 6.61. The summed E-state index contributed by atoms with van der Waals surface area (Å²) in [6, 6.07) is 3.58. The molecule has 5 atom stereocenters. The number of phenols is 1. The number of piperidine rings is 1. The molecule has 4 N–H and O–H groups in total. The molecule has 1 saturated heterocycles. The van der Waals surface area contributed by atoms with Gasteiger partial charge < -0.3 is 20.2 Å². The van der Waals surface area contributed by atoms with Crippen LogP contribution >= 0.6 is 0 Å². The van der Waals surface area contributed by atoms with E-state index in [0.717, 1.165) is 37.4 Å². The number of hydrogen-bond donors (Lipinski definition) is 4. The third-order valence-electron chi connectivity index (χ3n) is 7.93. The SMILES string of the molecule is ON[C@H]1CC[C@@]2(O)[C@H]3Cc4ccc(O)c5c4[C@@]2(CCN3CC2CC2)[C@H]1O5. The second-order valence-electron chi connectivity index (χ2n) is 9.06. The summed E-state index contributed by atoms with van der Waals surface area (Å²) in [7, 11) is 0. The monoisotopic (exact) mass is 358 g/mol. The molecule has 140 valence electrons. The zero-order valence-electron chi connectivity index (χ0n) is 14.8. The Bertz CT molecular complexity index is 781. The van der Waals surface area contributed by atoms with Gasteiger partial charge in [0.05, 0.1) is 17.1 Å². The fraction of sp³-hybridized carbons (Fsp3) is 0.700. The van der Waals surface area contributed by atoms with E-state index in [-0.39, 0.29) is 23.9 Å². The molecule has 5 aliphatic rings. The van der Waals surface area contributed by atoms with Gasteiger partial charge in [0.2, 0.25) is 0 Å². The lowest BCUT2D eigenvalue weighted by Crippen LogP contribution is -2.78. The summed E-state index contributed by atoms with van der Waals surface area (Å²) < 4.78 is 6.26. The van der Waals surface area contributed by atoms with E-state index in [1.54, 1.807) is 6.07 Å². The van der Waals surface area contributed by atoms with Crippen LogP contribution in [0.3, 0.4) is 0 Å². The van der Waals surface area contributed by atoms with Crippen molar-refractivity contribution in [3.8, 4) is 11.5 Å². The number of aliphatic hydroxyl groups is 1. The highest BCUT2D eigenvalue weighted by atomic mass is 16.5. The number of aromatic hydroxyl groups is 1. The van der Waals surface area contributed by atoms with Crippen molar-refractivity contribution in [1.82, 2.24) is 10.4 Å². The summed E-state index contributed by atoms with van der Waals surface area (Å²) in [4.78, 5) is 2.51. The van der Waals surface area contributed by atoms with Gasteiger partial charge in [0.25, 0.3) is 0 Å². The number of phenolic OH excluding ortho intramolecular Hbond substituents is 1. The van der Waals surface area contributed by atoms with Crippen LogP contribution in [0.5, 0.6) is 11.5 Å². The minimum Gasteiger partial charge on any atom is -0.504 e. The molecule has 6 heteroatoms. The summed E-state index contributed by atoms with van der Waals surface area (Å²) in [5.41, 5.74) is 3.21. The molecule has 2 saturated carbocycles. The van der Waals surface area contributed by atoms with Gasteiger partial charge in [-0.2, -0.15) is 5.48 Å². The molecule has 26 heavy (non-hydrogen) atoms. The second kappa shape index (κ2) is 4.93. The first-order chi connectivity index (χ1) is 12.6. The summed E-state index contributed by atoms with van der Waals surface area (Å²) >= 11 is 0. The quantitative estimate of drug-likeness (QED) is 0.610. The molecule has 2 heterocycles. The van der Waals surface area contributed by atoms with E-state index in [9.17, 15) is 15.4 Å².